The number of aromatic nitrogens is 6. The number of esters is 1. The molecule has 0 saturated heterocycles. The van der Waals surface area contributed by atoms with Crippen LogP contribution in [0.2, 0.25) is 5.02 Å². The molecular formula is C19H15ClN6O2. The second-order valence-electron chi connectivity index (χ2n) is 5.95. The molecule has 8 nitrogen and oxygen atoms in total. The Balaban J connectivity index is 1.60. The molecule has 0 bridgehead atoms. The molecule has 0 fully saturated rings. The molecule has 0 aliphatic rings. The van der Waals surface area contributed by atoms with Gasteiger partial charge in [-0.05, 0) is 23.8 Å². The lowest BCUT2D eigenvalue weighted by Gasteiger charge is -2.03. The number of pyridine rings is 1. The number of hydrogen-bond donors (Lipinski definition) is 1. The summed E-state index contributed by atoms with van der Waals surface area (Å²) in [7, 11) is 1.33. The molecule has 1 N–H and O–H groups in total. The Bertz CT molecular complexity index is 1120. The Labute approximate surface area is 165 Å². The average molecular weight is 395 g/mol. The third kappa shape index (κ3) is 3.49. The quantitative estimate of drug-likeness (QED) is 0.522. The van der Waals surface area contributed by atoms with Gasteiger partial charge in [-0.1, -0.05) is 29.8 Å². The number of nitrogens with zero attached hydrogens (tertiary/aromatic N) is 5. The highest BCUT2D eigenvalue weighted by atomic mass is 35.5. The first kappa shape index (κ1) is 17.9. The Hall–Kier alpha value is -3.52. The SMILES string of the molecule is COC(=O)c1ccc(-n2cnc(-c3n[nH]nc3Cc3ccccc3Cl)c2)nc1. The first-order chi connectivity index (χ1) is 13.7. The van der Waals surface area contributed by atoms with Crippen LogP contribution < -0.4 is 0 Å². The molecule has 0 aliphatic carbocycles. The van der Waals surface area contributed by atoms with Crippen molar-refractivity contribution in [2.24, 2.45) is 0 Å². The molecule has 28 heavy (non-hydrogen) atoms. The van der Waals surface area contributed by atoms with E-state index in [0.29, 0.717) is 34.2 Å². The van der Waals surface area contributed by atoms with Gasteiger partial charge in [0.2, 0.25) is 0 Å². The van der Waals surface area contributed by atoms with Crippen LogP contribution in [0.1, 0.15) is 21.6 Å². The second-order valence-corrected chi connectivity index (χ2v) is 6.36. The van der Waals surface area contributed by atoms with Crippen LogP contribution in [0.4, 0.5) is 0 Å². The lowest BCUT2D eigenvalue weighted by Crippen LogP contribution is -2.03. The Morgan fingerprint density at radius 1 is 1.18 bits per heavy atom. The summed E-state index contributed by atoms with van der Waals surface area (Å²) in [4.78, 5) is 20.2. The highest BCUT2D eigenvalue weighted by molar-refractivity contribution is 6.31. The van der Waals surface area contributed by atoms with Crippen molar-refractivity contribution in [2.45, 2.75) is 6.42 Å². The van der Waals surface area contributed by atoms with E-state index in [9.17, 15) is 4.79 Å². The maximum Gasteiger partial charge on any atom is 0.339 e. The summed E-state index contributed by atoms with van der Waals surface area (Å²) in [5.74, 6) is 0.180. The van der Waals surface area contributed by atoms with Gasteiger partial charge in [-0.2, -0.15) is 15.4 Å². The highest BCUT2D eigenvalue weighted by Crippen LogP contribution is 2.24. The molecule has 9 heteroatoms. The zero-order chi connectivity index (χ0) is 19.5. The van der Waals surface area contributed by atoms with E-state index in [0.717, 1.165) is 11.3 Å². The molecule has 0 amide bonds. The number of aromatic amines is 1. The minimum absolute atomic E-state index is 0.380. The van der Waals surface area contributed by atoms with Crippen LogP contribution in [-0.2, 0) is 11.2 Å². The standard InChI is InChI=1S/C19H15ClN6O2/c1-28-19(27)13-6-7-17(21-9-13)26-10-16(22-11-26)18-15(23-25-24-18)8-12-4-2-3-5-14(12)20/h2-7,9-11H,8H2,1H3,(H,23,24,25). The zero-order valence-corrected chi connectivity index (χ0v) is 15.6. The van der Waals surface area contributed by atoms with Crippen LogP contribution in [0, 0.1) is 0 Å². The van der Waals surface area contributed by atoms with E-state index >= 15 is 0 Å². The molecule has 1 aromatic carbocycles. The Morgan fingerprint density at radius 2 is 2.04 bits per heavy atom. The van der Waals surface area contributed by atoms with Crippen molar-refractivity contribution in [3.8, 4) is 17.2 Å². The van der Waals surface area contributed by atoms with Crippen molar-refractivity contribution in [3.63, 3.8) is 0 Å². The fraction of sp³-hybridized carbons (Fsp3) is 0.105. The summed E-state index contributed by atoms with van der Waals surface area (Å²) < 4.78 is 6.42. The summed E-state index contributed by atoms with van der Waals surface area (Å²) in [5, 5.41) is 11.8. The van der Waals surface area contributed by atoms with Crippen LogP contribution in [0.5, 0.6) is 0 Å². The number of H-pyrrole nitrogens is 1. The van der Waals surface area contributed by atoms with Crippen molar-refractivity contribution in [1.82, 2.24) is 29.9 Å². The molecule has 0 spiro atoms. The van der Waals surface area contributed by atoms with Gasteiger partial charge in [-0.3, -0.25) is 4.57 Å². The van der Waals surface area contributed by atoms with E-state index in [2.05, 4.69) is 30.1 Å². The molecule has 140 valence electrons. The molecule has 4 rings (SSSR count). The number of benzene rings is 1. The lowest BCUT2D eigenvalue weighted by atomic mass is 10.1. The van der Waals surface area contributed by atoms with E-state index in [1.165, 1.54) is 13.3 Å². The van der Waals surface area contributed by atoms with Crippen LogP contribution in [0.15, 0.2) is 55.1 Å². The number of hydrogen-bond acceptors (Lipinski definition) is 6. The zero-order valence-electron chi connectivity index (χ0n) is 14.8. The summed E-state index contributed by atoms with van der Waals surface area (Å²) in [6, 6.07) is 11.0. The fourth-order valence-corrected chi connectivity index (χ4v) is 2.95. The highest BCUT2D eigenvalue weighted by Gasteiger charge is 2.15. The predicted molar refractivity (Wildman–Crippen MR) is 102 cm³/mol. The van der Waals surface area contributed by atoms with Crippen molar-refractivity contribution < 1.29 is 9.53 Å². The summed E-state index contributed by atoms with van der Waals surface area (Å²) in [6.45, 7) is 0. The van der Waals surface area contributed by atoms with Gasteiger partial charge in [0.15, 0.2) is 0 Å². The largest absolute Gasteiger partial charge is 0.465 e. The van der Waals surface area contributed by atoms with Crippen LogP contribution >= 0.6 is 11.6 Å². The summed E-state index contributed by atoms with van der Waals surface area (Å²) >= 11 is 6.25. The van der Waals surface area contributed by atoms with E-state index in [1.54, 1.807) is 29.2 Å². The molecule has 0 aliphatic heterocycles. The van der Waals surface area contributed by atoms with E-state index in [1.807, 2.05) is 24.3 Å². The van der Waals surface area contributed by atoms with E-state index in [4.69, 9.17) is 11.6 Å². The summed E-state index contributed by atoms with van der Waals surface area (Å²) in [5.41, 5.74) is 3.37. The molecule has 4 aromatic rings. The topological polar surface area (TPSA) is 98.6 Å². The van der Waals surface area contributed by atoms with E-state index < -0.39 is 5.97 Å². The maximum atomic E-state index is 11.5. The first-order valence-electron chi connectivity index (χ1n) is 8.38. The molecule has 0 atom stereocenters. The van der Waals surface area contributed by atoms with E-state index in [-0.39, 0.29) is 0 Å². The Morgan fingerprint density at radius 3 is 2.79 bits per heavy atom. The number of carbonyl (C=O) groups is 1. The van der Waals surface area contributed by atoms with Gasteiger partial charge in [-0.15, -0.1) is 0 Å². The summed E-state index contributed by atoms with van der Waals surface area (Å²) in [6.07, 6.45) is 5.42. The Kier molecular flexibility index (Phi) is 4.86. The van der Waals surface area contributed by atoms with Gasteiger partial charge < -0.3 is 4.74 Å². The second kappa shape index (κ2) is 7.61. The average Bonchev–Trinajstić information content (AvgIpc) is 3.38. The lowest BCUT2D eigenvalue weighted by molar-refractivity contribution is 0.0600. The molecular weight excluding hydrogens is 380 g/mol. The predicted octanol–water partition coefficient (Wildman–Crippen LogP) is 3.08. The first-order valence-corrected chi connectivity index (χ1v) is 8.75. The van der Waals surface area contributed by atoms with Gasteiger partial charge in [0, 0.05) is 23.8 Å². The number of rotatable bonds is 5. The third-order valence-electron chi connectivity index (χ3n) is 4.19. The van der Waals surface area contributed by atoms with Gasteiger partial charge in [0.1, 0.15) is 23.5 Å². The minimum Gasteiger partial charge on any atom is -0.465 e. The van der Waals surface area contributed by atoms with Gasteiger partial charge in [0.25, 0.3) is 0 Å². The smallest absolute Gasteiger partial charge is 0.339 e. The number of ether oxygens (including phenoxy) is 1. The number of imidazole rings is 1. The van der Waals surface area contributed by atoms with Crippen LogP contribution in [0.25, 0.3) is 17.2 Å². The monoisotopic (exact) mass is 394 g/mol. The molecule has 3 aromatic heterocycles. The number of carbonyl (C=O) groups excluding carboxylic acids is 1. The van der Waals surface area contributed by atoms with Crippen molar-refractivity contribution in [1.29, 1.82) is 0 Å². The molecule has 3 heterocycles. The van der Waals surface area contributed by atoms with Crippen molar-refractivity contribution in [2.75, 3.05) is 7.11 Å². The van der Waals surface area contributed by atoms with Gasteiger partial charge in [0.05, 0.1) is 18.4 Å². The van der Waals surface area contributed by atoms with Crippen LogP contribution in [-0.4, -0.2) is 43.0 Å². The minimum atomic E-state index is -0.433. The third-order valence-corrected chi connectivity index (χ3v) is 4.56. The van der Waals surface area contributed by atoms with Gasteiger partial charge >= 0.3 is 5.97 Å². The molecule has 0 unspecified atom stereocenters. The number of methoxy groups -OCH3 is 1. The van der Waals surface area contributed by atoms with Crippen molar-refractivity contribution in [3.05, 3.63) is 77.0 Å². The van der Waals surface area contributed by atoms with Crippen LogP contribution in [0.3, 0.4) is 0 Å². The molecule has 0 saturated carbocycles. The molecule has 0 radical (unpaired) electrons. The van der Waals surface area contributed by atoms with Crippen molar-refractivity contribution >= 4 is 17.6 Å². The number of nitrogens with one attached hydrogen (secondary N) is 1. The maximum absolute atomic E-state index is 11.5. The van der Waals surface area contributed by atoms with Gasteiger partial charge in [-0.25, -0.2) is 14.8 Å². The number of halogens is 1. The normalized spacial score (nSPS) is 10.8. The fourth-order valence-electron chi connectivity index (χ4n) is 2.75.